The van der Waals surface area contributed by atoms with Gasteiger partial charge in [-0.3, -0.25) is 9.69 Å². The third-order valence-corrected chi connectivity index (χ3v) is 3.36. The van der Waals surface area contributed by atoms with Gasteiger partial charge in [0.05, 0.1) is 0 Å². The average molecular weight is 247 g/mol. The zero-order valence-electron chi connectivity index (χ0n) is 10.9. The Morgan fingerprint density at radius 1 is 1.17 bits per heavy atom. The van der Waals surface area contributed by atoms with Crippen molar-refractivity contribution in [3.63, 3.8) is 0 Å². The fraction of sp³-hybridized carbons (Fsp3) is 0.500. The van der Waals surface area contributed by atoms with Gasteiger partial charge < -0.3 is 10.2 Å². The van der Waals surface area contributed by atoms with E-state index in [4.69, 9.17) is 0 Å². The van der Waals surface area contributed by atoms with Gasteiger partial charge in [-0.25, -0.2) is 0 Å². The van der Waals surface area contributed by atoms with Gasteiger partial charge in [0.2, 0.25) is 0 Å². The first kappa shape index (κ1) is 13.1. The van der Waals surface area contributed by atoms with Gasteiger partial charge in [-0.2, -0.15) is 0 Å². The lowest BCUT2D eigenvalue weighted by Gasteiger charge is -2.34. The van der Waals surface area contributed by atoms with Crippen molar-refractivity contribution >= 4 is 5.91 Å². The molecule has 0 saturated carbocycles. The molecule has 0 spiro atoms. The Morgan fingerprint density at radius 2 is 1.83 bits per heavy atom. The molecule has 0 radical (unpaired) electrons. The molecule has 98 valence electrons. The smallest absolute Gasteiger partial charge is 0.253 e. The first-order chi connectivity index (χ1) is 8.81. The first-order valence-corrected chi connectivity index (χ1v) is 6.52. The van der Waals surface area contributed by atoms with Crippen molar-refractivity contribution in [3.05, 3.63) is 35.9 Å². The number of nitrogens with one attached hydrogen (secondary N) is 1. The van der Waals surface area contributed by atoms with Gasteiger partial charge in [0.1, 0.15) is 0 Å². The van der Waals surface area contributed by atoms with Crippen LogP contribution in [0.15, 0.2) is 30.3 Å². The quantitative estimate of drug-likeness (QED) is 0.849. The van der Waals surface area contributed by atoms with E-state index in [2.05, 4.69) is 10.2 Å². The maximum Gasteiger partial charge on any atom is 0.253 e. The van der Waals surface area contributed by atoms with Crippen LogP contribution in [0.3, 0.4) is 0 Å². The van der Waals surface area contributed by atoms with Crippen molar-refractivity contribution in [2.45, 2.75) is 0 Å². The summed E-state index contributed by atoms with van der Waals surface area (Å²) < 4.78 is 0. The molecule has 0 bridgehead atoms. The van der Waals surface area contributed by atoms with E-state index in [1.807, 2.05) is 42.3 Å². The fourth-order valence-electron chi connectivity index (χ4n) is 2.21. The van der Waals surface area contributed by atoms with Crippen LogP contribution in [0.1, 0.15) is 10.4 Å². The standard InChI is InChI=1S/C14H21N3O/c1-15-7-8-16-9-11-17(12-10-16)14(18)13-5-3-2-4-6-13/h2-6,15H,7-12H2,1H3. The summed E-state index contributed by atoms with van der Waals surface area (Å²) in [6.07, 6.45) is 0. The molecule has 1 heterocycles. The number of likely N-dealkylation sites (N-methyl/N-ethyl adjacent to an activating group) is 1. The second-order valence-corrected chi connectivity index (χ2v) is 4.60. The number of rotatable bonds is 4. The first-order valence-electron chi connectivity index (χ1n) is 6.52. The minimum Gasteiger partial charge on any atom is -0.336 e. The Balaban J connectivity index is 1.84. The average Bonchev–Trinajstić information content (AvgIpc) is 2.46. The summed E-state index contributed by atoms with van der Waals surface area (Å²) in [6, 6.07) is 9.53. The monoisotopic (exact) mass is 247 g/mol. The number of hydrogen-bond acceptors (Lipinski definition) is 3. The van der Waals surface area contributed by atoms with E-state index in [0.29, 0.717) is 0 Å². The summed E-state index contributed by atoms with van der Waals surface area (Å²) >= 11 is 0. The number of nitrogens with zero attached hydrogens (tertiary/aromatic N) is 2. The minimum absolute atomic E-state index is 0.156. The van der Waals surface area contributed by atoms with Crippen LogP contribution in [0.4, 0.5) is 0 Å². The number of hydrogen-bond donors (Lipinski definition) is 1. The maximum absolute atomic E-state index is 12.2. The van der Waals surface area contributed by atoms with Crippen molar-refractivity contribution in [3.8, 4) is 0 Å². The normalized spacial score (nSPS) is 16.8. The molecular formula is C14H21N3O. The molecule has 1 saturated heterocycles. The molecule has 1 amide bonds. The van der Waals surface area contributed by atoms with Crippen LogP contribution in [0.25, 0.3) is 0 Å². The van der Waals surface area contributed by atoms with Gasteiger partial charge in [-0.05, 0) is 19.2 Å². The van der Waals surface area contributed by atoms with Crippen LogP contribution in [0, 0.1) is 0 Å². The summed E-state index contributed by atoms with van der Waals surface area (Å²) in [5.41, 5.74) is 0.793. The third-order valence-electron chi connectivity index (χ3n) is 3.36. The summed E-state index contributed by atoms with van der Waals surface area (Å²) in [5.74, 6) is 0.156. The molecule has 1 aliphatic rings. The van der Waals surface area contributed by atoms with Crippen LogP contribution in [0.2, 0.25) is 0 Å². The van der Waals surface area contributed by atoms with Crippen LogP contribution < -0.4 is 5.32 Å². The Labute approximate surface area is 109 Å². The van der Waals surface area contributed by atoms with Crippen molar-refractivity contribution in [1.82, 2.24) is 15.1 Å². The molecule has 1 aliphatic heterocycles. The van der Waals surface area contributed by atoms with Gasteiger partial charge in [0, 0.05) is 44.8 Å². The largest absolute Gasteiger partial charge is 0.336 e. The van der Waals surface area contributed by atoms with Crippen LogP contribution in [0.5, 0.6) is 0 Å². The van der Waals surface area contributed by atoms with Crippen molar-refractivity contribution < 1.29 is 4.79 Å². The zero-order valence-corrected chi connectivity index (χ0v) is 10.9. The molecule has 4 nitrogen and oxygen atoms in total. The molecule has 0 unspecified atom stereocenters. The fourth-order valence-corrected chi connectivity index (χ4v) is 2.21. The number of benzene rings is 1. The molecular weight excluding hydrogens is 226 g/mol. The Kier molecular flexibility index (Phi) is 4.73. The lowest BCUT2D eigenvalue weighted by atomic mass is 10.2. The van der Waals surface area contributed by atoms with E-state index < -0.39 is 0 Å². The zero-order chi connectivity index (χ0) is 12.8. The number of carbonyl (C=O) groups excluding carboxylic acids is 1. The van der Waals surface area contributed by atoms with E-state index in [1.54, 1.807) is 0 Å². The van der Waals surface area contributed by atoms with Crippen LogP contribution >= 0.6 is 0 Å². The second kappa shape index (κ2) is 6.52. The highest BCUT2D eigenvalue weighted by Crippen LogP contribution is 2.08. The van der Waals surface area contributed by atoms with Crippen molar-refractivity contribution in [1.29, 1.82) is 0 Å². The van der Waals surface area contributed by atoms with Gasteiger partial charge >= 0.3 is 0 Å². The van der Waals surface area contributed by atoms with Crippen LogP contribution in [-0.2, 0) is 0 Å². The lowest BCUT2D eigenvalue weighted by Crippen LogP contribution is -2.49. The Hall–Kier alpha value is -1.39. The minimum atomic E-state index is 0.156. The van der Waals surface area contributed by atoms with Crippen molar-refractivity contribution in [2.75, 3.05) is 46.3 Å². The summed E-state index contributed by atoms with van der Waals surface area (Å²) in [7, 11) is 1.97. The Morgan fingerprint density at radius 3 is 2.44 bits per heavy atom. The van der Waals surface area contributed by atoms with E-state index in [-0.39, 0.29) is 5.91 Å². The summed E-state index contributed by atoms with van der Waals surface area (Å²) in [6.45, 7) is 5.67. The maximum atomic E-state index is 12.2. The highest BCUT2D eigenvalue weighted by atomic mass is 16.2. The van der Waals surface area contributed by atoms with Crippen LogP contribution in [-0.4, -0.2) is 62.0 Å². The molecule has 0 aliphatic carbocycles. The molecule has 1 aromatic carbocycles. The highest BCUT2D eigenvalue weighted by molar-refractivity contribution is 5.94. The predicted molar refractivity (Wildman–Crippen MR) is 72.7 cm³/mol. The van der Waals surface area contributed by atoms with Gasteiger partial charge in [0.25, 0.3) is 5.91 Å². The molecule has 1 N–H and O–H groups in total. The Bertz CT molecular complexity index is 372. The van der Waals surface area contributed by atoms with E-state index in [0.717, 1.165) is 44.8 Å². The SMILES string of the molecule is CNCCN1CCN(C(=O)c2ccccc2)CC1. The highest BCUT2D eigenvalue weighted by Gasteiger charge is 2.21. The van der Waals surface area contributed by atoms with Gasteiger partial charge in [-0.1, -0.05) is 18.2 Å². The molecule has 0 aromatic heterocycles. The molecule has 18 heavy (non-hydrogen) atoms. The van der Waals surface area contributed by atoms with Crippen molar-refractivity contribution in [2.24, 2.45) is 0 Å². The molecule has 0 atom stereocenters. The molecule has 1 fully saturated rings. The molecule has 4 heteroatoms. The second-order valence-electron chi connectivity index (χ2n) is 4.60. The molecule has 1 aromatic rings. The predicted octanol–water partition coefficient (Wildman–Crippen LogP) is 0.664. The third kappa shape index (κ3) is 3.31. The van der Waals surface area contributed by atoms with E-state index in [1.165, 1.54) is 0 Å². The van der Waals surface area contributed by atoms with E-state index >= 15 is 0 Å². The molecule has 2 rings (SSSR count). The van der Waals surface area contributed by atoms with Gasteiger partial charge in [-0.15, -0.1) is 0 Å². The van der Waals surface area contributed by atoms with Gasteiger partial charge in [0.15, 0.2) is 0 Å². The van der Waals surface area contributed by atoms with E-state index in [9.17, 15) is 4.79 Å². The number of piperazine rings is 1. The summed E-state index contributed by atoms with van der Waals surface area (Å²) in [4.78, 5) is 16.6. The topological polar surface area (TPSA) is 35.6 Å². The lowest BCUT2D eigenvalue weighted by molar-refractivity contribution is 0.0639. The number of carbonyl (C=O) groups is 1. The summed E-state index contributed by atoms with van der Waals surface area (Å²) in [5, 5.41) is 3.15. The number of amides is 1.